The van der Waals surface area contributed by atoms with Gasteiger partial charge in [-0.15, -0.1) is 0 Å². The second-order valence-corrected chi connectivity index (χ2v) is 3.61. The molecule has 2 atom stereocenters. The molecule has 0 bridgehead atoms. The van der Waals surface area contributed by atoms with E-state index in [0.717, 1.165) is 30.4 Å². The first kappa shape index (κ1) is 9.34. The smallest absolute Gasteiger partial charge is 0.148 e. The van der Waals surface area contributed by atoms with Crippen molar-refractivity contribution in [2.75, 3.05) is 0 Å². The number of aryl methyl sites for hydroxylation is 1. The number of nitrogens with zero attached hydrogens (tertiary/aromatic N) is 1. The molecule has 2 unspecified atom stereocenters. The van der Waals surface area contributed by atoms with E-state index in [-0.39, 0.29) is 12.2 Å². The summed E-state index contributed by atoms with van der Waals surface area (Å²) in [7, 11) is 0. The van der Waals surface area contributed by atoms with E-state index in [9.17, 15) is 4.79 Å². The van der Waals surface area contributed by atoms with Crippen LogP contribution in [0.3, 0.4) is 0 Å². The molecule has 1 aromatic heterocycles. The summed E-state index contributed by atoms with van der Waals surface area (Å²) in [5.74, 6) is 0. The van der Waals surface area contributed by atoms with E-state index in [1.165, 1.54) is 0 Å². The Kier molecular flexibility index (Phi) is 2.59. The summed E-state index contributed by atoms with van der Waals surface area (Å²) in [6.45, 7) is 1.95. The quantitative estimate of drug-likeness (QED) is 0.669. The van der Waals surface area contributed by atoms with Crippen molar-refractivity contribution in [1.82, 2.24) is 4.98 Å². The molecule has 0 spiro atoms. The lowest BCUT2D eigenvalue weighted by atomic mass is 10.1. The topological polar surface area (TPSA) is 39.2 Å². The predicted molar refractivity (Wildman–Crippen MR) is 51.9 cm³/mol. The Morgan fingerprint density at radius 1 is 1.50 bits per heavy atom. The van der Waals surface area contributed by atoms with Gasteiger partial charge in [0.05, 0.1) is 6.10 Å². The summed E-state index contributed by atoms with van der Waals surface area (Å²) >= 11 is 0. The van der Waals surface area contributed by atoms with E-state index in [4.69, 9.17) is 4.74 Å². The van der Waals surface area contributed by atoms with Gasteiger partial charge >= 0.3 is 0 Å². The molecule has 0 N–H and O–H groups in total. The van der Waals surface area contributed by atoms with Gasteiger partial charge in [0.25, 0.3) is 0 Å². The van der Waals surface area contributed by atoms with Crippen molar-refractivity contribution in [3.8, 4) is 0 Å². The standard InChI is InChI=1S/C11H13NO2/c1-8-2-3-9(6-12-8)11-5-4-10(7-13)14-11/h2-3,6-7,10-11H,4-5H2,1H3. The third kappa shape index (κ3) is 1.82. The molecule has 0 aliphatic carbocycles. The van der Waals surface area contributed by atoms with Crippen molar-refractivity contribution in [3.05, 3.63) is 29.6 Å². The van der Waals surface area contributed by atoms with E-state index in [0.29, 0.717) is 0 Å². The van der Waals surface area contributed by atoms with Crippen LogP contribution >= 0.6 is 0 Å². The molecule has 1 aliphatic rings. The minimum Gasteiger partial charge on any atom is -0.363 e. The summed E-state index contributed by atoms with van der Waals surface area (Å²) in [5, 5.41) is 0. The molecule has 0 amide bonds. The molecule has 1 aromatic rings. The summed E-state index contributed by atoms with van der Waals surface area (Å²) in [4.78, 5) is 14.7. The highest BCUT2D eigenvalue weighted by Gasteiger charge is 2.25. The zero-order valence-electron chi connectivity index (χ0n) is 8.14. The molecule has 2 rings (SSSR count). The van der Waals surface area contributed by atoms with Gasteiger partial charge in [-0.2, -0.15) is 0 Å². The van der Waals surface area contributed by atoms with Gasteiger partial charge in [0.15, 0.2) is 0 Å². The highest BCUT2D eigenvalue weighted by atomic mass is 16.5. The fourth-order valence-electron chi connectivity index (χ4n) is 1.68. The van der Waals surface area contributed by atoms with Crippen LogP contribution in [0.5, 0.6) is 0 Å². The van der Waals surface area contributed by atoms with Crippen LogP contribution in [0.1, 0.15) is 30.2 Å². The molecule has 1 fully saturated rings. The number of rotatable bonds is 2. The van der Waals surface area contributed by atoms with Crippen LogP contribution in [0.15, 0.2) is 18.3 Å². The second kappa shape index (κ2) is 3.88. The molecule has 1 saturated heterocycles. The van der Waals surface area contributed by atoms with E-state index in [1.807, 2.05) is 25.3 Å². The third-order valence-electron chi connectivity index (χ3n) is 2.51. The molecule has 14 heavy (non-hydrogen) atoms. The third-order valence-corrected chi connectivity index (χ3v) is 2.51. The summed E-state index contributed by atoms with van der Waals surface area (Å²) < 4.78 is 5.53. The van der Waals surface area contributed by atoms with Gasteiger partial charge in [0, 0.05) is 11.9 Å². The van der Waals surface area contributed by atoms with Crippen LogP contribution in [-0.4, -0.2) is 17.4 Å². The van der Waals surface area contributed by atoms with E-state index in [2.05, 4.69) is 4.98 Å². The fraction of sp³-hybridized carbons (Fsp3) is 0.455. The Balaban J connectivity index is 2.09. The molecule has 1 aliphatic heterocycles. The maximum Gasteiger partial charge on any atom is 0.148 e. The predicted octanol–water partition coefficient (Wildman–Crippen LogP) is 1.81. The molecular formula is C11H13NO2. The zero-order valence-corrected chi connectivity index (χ0v) is 8.14. The minimum absolute atomic E-state index is 0.0540. The van der Waals surface area contributed by atoms with Crippen LogP contribution in [0.4, 0.5) is 0 Å². The Hall–Kier alpha value is -1.22. The first-order valence-corrected chi connectivity index (χ1v) is 4.83. The molecule has 0 saturated carbocycles. The van der Waals surface area contributed by atoms with E-state index in [1.54, 1.807) is 0 Å². The summed E-state index contributed by atoms with van der Waals surface area (Å²) in [6.07, 6.45) is 4.27. The number of carbonyl (C=O) groups excluding carboxylic acids is 1. The van der Waals surface area contributed by atoms with Gasteiger partial charge in [-0.1, -0.05) is 6.07 Å². The van der Waals surface area contributed by atoms with Crippen LogP contribution in [0.25, 0.3) is 0 Å². The highest BCUT2D eigenvalue weighted by molar-refractivity contribution is 5.56. The second-order valence-electron chi connectivity index (χ2n) is 3.61. The molecule has 74 valence electrons. The average molecular weight is 191 g/mol. The van der Waals surface area contributed by atoms with Gasteiger partial charge in [0.2, 0.25) is 0 Å². The number of aldehydes is 1. The molecule has 0 radical (unpaired) electrons. The summed E-state index contributed by atoms with van der Waals surface area (Å²) in [6, 6.07) is 3.98. The Labute approximate surface area is 83.1 Å². The van der Waals surface area contributed by atoms with Gasteiger partial charge in [-0.05, 0) is 31.4 Å². The van der Waals surface area contributed by atoms with Crippen LogP contribution in [0, 0.1) is 6.92 Å². The molecule has 2 heterocycles. The Morgan fingerprint density at radius 3 is 2.93 bits per heavy atom. The van der Waals surface area contributed by atoms with Gasteiger partial charge < -0.3 is 9.53 Å². The molecule has 0 aromatic carbocycles. The molecular weight excluding hydrogens is 178 g/mol. The van der Waals surface area contributed by atoms with Gasteiger partial charge in [0.1, 0.15) is 12.4 Å². The number of carbonyl (C=O) groups is 1. The fourth-order valence-corrected chi connectivity index (χ4v) is 1.68. The first-order chi connectivity index (χ1) is 6.79. The largest absolute Gasteiger partial charge is 0.363 e. The first-order valence-electron chi connectivity index (χ1n) is 4.83. The van der Waals surface area contributed by atoms with Crippen molar-refractivity contribution in [1.29, 1.82) is 0 Å². The van der Waals surface area contributed by atoms with Crippen LogP contribution in [-0.2, 0) is 9.53 Å². The van der Waals surface area contributed by atoms with Crippen molar-refractivity contribution in [2.45, 2.75) is 32.0 Å². The Morgan fingerprint density at radius 2 is 2.36 bits per heavy atom. The maximum atomic E-state index is 10.5. The molecule has 3 heteroatoms. The van der Waals surface area contributed by atoms with Crippen LogP contribution in [0.2, 0.25) is 0 Å². The lowest BCUT2D eigenvalue weighted by Crippen LogP contribution is -2.07. The molecule has 3 nitrogen and oxygen atoms in total. The number of aromatic nitrogens is 1. The minimum atomic E-state index is -0.221. The highest BCUT2D eigenvalue weighted by Crippen LogP contribution is 2.31. The lowest BCUT2D eigenvalue weighted by molar-refractivity contribution is -0.117. The monoisotopic (exact) mass is 191 g/mol. The zero-order chi connectivity index (χ0) is 9.97. The normalized spacial score (nSPS) is 26.4. The Bertz CT molecular complexity index is 321. The van der Waals surface area contributed by atoms with Crippen molar-refractivity contribution < 1.29 is 9.53 Å². The van der Waals surface area contributed by atoms with E-state index >= 15 is 0 Å². The van der Waals surface area contributed by atoms with Gasteiger partial charge in [-0.3, -0.25) is 4.98 Å². The lowest BCUT2D eigenvalue weighted by Gasteiger charge is -2.10. The number of ether oxygens (including phenoxy) is 1. The number of pyridine rings is 1. The summed E-state index contributed by atoms with van der Waals surface area (Å²) in [5.41, 5.74) is 2.07. The number of hydrogen-bond donors (Lipinski definition) is 0. The maximum absolute atomic E-state index is 10.5. The average Bonchev–Trinajstić information content (AvgIpc) is 2.67. The number of hydrogen-bond acceptors (Lipinski definition) is 3. The van der Waals surface area contributed by atoms with Crippen molar-refractivity contribution in [3.63, 3.8) is 0 Å². The van der Waals surface area contributed by atoms with Gasteiger partial charge in [-0.25, -0.2) is 0 Å². The van der Waals surface area contributed by atoms with Crippen LogP contribution < -0.4 is 0 Å². The van der Waals surface area contributed by atoms with Crippen molar-refractivity contribution in [2.24, 2.45) is 0 Å². The van der Waals surface area contributed by atoms with E-state index < -0.39 is 0 Å². The van der Waals surface area contributed by atoms with Crippen molar-refractivity contribution >= 4 is 6.29 Å². The SMILES string of the molecule is Cc1ccc(C2CCC(C=O)O2)cn1.